The van der Waals surface area contributed by atoms with Gasteiger partial charge in [-0.05, 0) is 0 Å². The lowest BCUT2D eigenvalue weighted by atomic mass is 9.98. The third kappa shape index (κ3) is 3.86. The summed E-state index contributed by atoms with van der Waals surface area (Å²) in [5.41, 5.74) is -1.13. The van der Waals surface area contributed by atoms with E-state index in [2.05, 4.69) is 0 Å². The molecule has 10 atom stereocenters. The van der Waals surface area contributed by atoms with E-state index < -0.39 is 72.9 Å². The smallest absolute Gasteiger partial charge is 0.186 e. The molecule has 0 radical (unpaired) electrons. The van der Waals surface area contributed by atoms with Crippen LogP contribution in [0.4, 0.5) is 0 Å². The Balaban J connectivity index is 2.14. The first-order chi connectivity index (χ1) is 11.3. The van der Waals surface area contributed by atoms with Gasteiger partial charge in [-0.2, -0.15) is 0 Å². The summed E-state index contributed by atoms with van der Waals surface area (Å²) < 4.78 is 15.7. The van der Waals surface area contributed by atoms with Crippen LogP contribution in [0, 0.1) is 0 Å². The van der Waals surface area contributed by atoms with Crippen molar-refractivity contribution in [2.75, 3.05) is 20.3 Å². The van der Waals surface area contributed by atoms with E-state index in [0.29, 0.717) is 0 Å². The Morgan fingerprint density at radius 3 is 2.08 bits per heavy atom. The van der Waals surface area contributed by atoms with Crippen LogP contribution in [0.3, 0.4) is 0 Å². The van der Waals surface area contributed by atoms with Gasteiger partial charge in [0.05, 0.1) is 24.6 Å². The molecule has 0 aromatic heterocycles. The van der Waals surface area contributed by atoms with E-state index >= 15 is 0 Å². The molecule has 2 saturated heterocycles. The maximum absolute atomic E-state index is 10.2. The van der Waals surface area contributed by atoms with Crippen molar-refractivity contribution in [1.29, 1.82) is 0 Å². The first-order valence-electron chi connectivity index (χ1n) is 7.46. The minimum Gasteiger partial charge on any atom is -0.395 e. The largest absolute Gasteiger partial charge is 0.395 e. The highest BCUT2D eigenvalue weighted by Gasteiger charge is 2.50. The summed E-state index contributed by atoms with van der Waals surface area (Å²) in [7, 11) is 1.27. The molecule has 2 aliphatic heterocycles. The van der Waals surface area contributed by atoms with Crippen molar-refractivity contribution >= 4 is 11.8 Å². The number of thioether (sulfide) groups is 1. The molecule has 0 aromatic carbocycles. The van der Waals surface area contributed by atoms with Gasteiger partial charge in [-0.1, -0.05) is 0 Å². The molecule has 2 fully saturated rings. The number of rotatable bonds is 5. The van der Waals surface area contributed by atoms with Gasteiger partial charge in [-0.15, -0.1) is 11.8 Å². The van der Waals surface area contributed by atoms with E-state index in [1.165, 1.54) is 7.11 Å². The molecule has 0 bridgehead atoms. The Labute approximate surface area is 142 Å². The molecule has 2 rings (SSSR count). The number of aliphatic hydroxyl groups is 7. The van der Waals surface area contributed by atoms with Gasteiger partial charge >= 0.3 is 0 Å². The lowest BCUT2D eigenvalue weighted by Crippen LogP contribution is -2.62. The SMILES string of the molecule is CO[C@H]1O[C@@H](CO)[C@@H](O)[C@H](O[C@H]2S[C@@H](CO)[C@@H](O)[C@H](O)[C@H]2O)[C@H]1O. The molecule has 0 amide bonds. The van der Waals surface area contributed by atoms with Crippen molar-refractivity contribution in [3.05, 3.63) is 0 Å². The topological polar surface area (TPSA) is 169 Å². The second kappa shape index (κ2) is 8.56. The zero-order chi connectivity index (χ0) is 18.0. The number of hydrogen-bond acceptors (Lipinski definition) is 11. The quantitative estimate of drug-likeness (QED) is 0.251. The molecule has 0 unspecified atom stereocenters. The average Bonchev–Trinajstić information content (AvgIpc) is 2.58. The predicted octanol–water partition coefficient (Wildman–Crippen LogP) is -4.03. The Morgan fingerprint density at radius 2 is 1.54 bits per heavy atom. The lowest BCUT2D eigenvalue weighted by Gasteiger charge is -2.45. The molecule has 0 aliphatic carbocycles. The molecule has 7 N–H and O–H groups in total. The molecular formula is C13H24O10S. The Kier molecular flexibility index (Phi) is 7.22. The van der Waals surface area contributed by atoms with Gasteiger partial charge in [0.15, 0.2) is 6.29 Å². The summed E-state index contributed by atoms with van der Waals surface area (Å²) in [5, 5.41) is 67.8. The van der Waals surface area contributed by atoms with Crippen LogP contribution >= 0.6 is 11.8 Å². The van der Waals surface area contributed by atoms with Crippen molar-refractivity contribution < 1.29 is 50.0 Å². The molecule has 0 spiro atoms. The third-order valence-corrected chi connectivity index (χ3v) is 5.63. The summed E-state index contributed by atoms with van der Waals surface area (Å²) in [6.07, 6.45) is -10.8. The molecule has 2 heterocycles. The van der Waals surface area contributed by atoms with Crippen molar-refractivity contribution in [3.63, 3.8) is 0 Å². The monoisotopic (exact) mass is 372 g/mol. The predicted molar refractivity (Wildman–Crippen MR) is 79.9 cm³/mol. The van der Waals surface area contributed by atoms with Crippen LogP contribution < -0.4 is 0 Å². The van der Waals surface area contributed by atoms with Crippen LogP contribution in [0.15, 0.2) is 0 Å². The highest BCUT2D eigenvalue weighted by molar-refractivity contribution is 8.00. The summed E-state index contributed by atoms with van der Waals surface area (Å²) in [4.78, 5) is 0. The fraction of sp³-hybridized carbons (Fsp3) is 1.00. The third-order valence-electron chi connectivity index (χ3n) is 4.19. The Hall–Kier alpha value is -0.0500. The maximum Gasteiger partial charge on any atom is 0.186 e. The standard InChI is InChI=1S/C13H24O10S/c1-21-12-10(20)11(6(16)4(2-14)22-12)23-13-9(19)8(18)7(17)5(3-15)24-13/h4-20H,2-3H2,1H3/t4-,5-,6+,7+,8-,9+,10+,11-,12-,13-/m0/s1. The fourth-order valence-electron chi connectivity index (χ4n) is 2.74. The number of hydrogen-bond donors (Lipinski definition) is 7. The minimum absolute atomic E-state index is 0.464. The summed E-state index contributed by atoms with van der Waals surface area (Å²) in [6.45, 7) is -1.01. The highest BCUT2D eigenvalue weighted by Crippen LogP contribution is 2.36. The van der Waals surface area contributed by atoms with Gasteiger partial charge in [0.2, 0.25) is 0 Å². The summed E-state index contributed by atoms with van der Waals surface area (Å²) in [5.74, 6) is 0. The molecule has 10 nitrogen and oxygen atoms in total. The second-order valence-electron chi connectivity index (χ2n) is 5.74. The van der Waals surface area contributed by atoms with E-state index in [1.54, 1.807) is 0 Å². The molecule has 0 saturated carbocycles. The van der Waals surface area contributed by atoms with Gasteiger partial charge < -0.3 is 50.0 Å². The number of ether oxygens (including phenoxy) is 3. The average molecular weight is 372 g/mol. The van der Waals surface area contributed by atoms with Crippen molar-refractivity contribution in [2.45, 2.75) is 59.7 Å². The van der Waals surface area contributed by atoms with Crippen molar-refractivity contribution in [3.8, 4) is 0 Å². The van der Waals surface area contributed by atoms with Crippen LogP contribution in [0.5, 0.6) is 0 Å². The maximum atomic E-state index is 10.2. The van der Waals surface area contributed by atoms with E-state index in [0.717, 1.165) is 11.8 Å². The van der Waals surface area contributed by atoms with Gasteiger partial charge in [-0.25, -0.2) is 0 Å². The zero-order valence-electron chi connectivity index (χ0n) is 13.0. The molecule has 2 aliphatic rings. The fourth-order valence-corrected chi connectivity index (χ4v) is 4.01. The van der Waals surface area contributed by atoms with E-state index in [4.69, 9.17) is 14.2 Å². The number of methoxy groups -OCH3 is 1. The first kappa shape index (κ1) is 20.3. The van der Waals surface area contributed by atoms with Gasteiger partial charge in [0, 0.05) is 7.11 Å². The van der Waals surface area contributed by atoms with Crippen molar-refractivity contribution in [1.82, 2.24) is 0 Å². The van der Waals surface area contributed by atoms with Crippen LogP contribution in [0.1, 0.15) is 0 Å². The highest BCUT2D eigenvalue weighted by atomic mass is 32.2. The number of aliphatic hydroxyl groups excluding tert-OH is 7. The van der Waals surface area contributed by atoms with Gasteiger partial charge in [0.1, 0.15) is 42.1 Å². The van der Waals surface area contributed by atoms with Crippen molar-refractivity contribution in [2.24, 2.45) is 0 Å². The second-order valence-corrected chi connectivity index (χ2v) is 7.08. The normalized spacial score (nSPS) is 50.0. The van der Waals surface area contributed by atoms with Crippen LogP contribution in [0.2, 0.25) is 0 Å². The van der Waals surface area contributed by atoms with Gasteiger partial charge in [-0.3, -0.25) is 0 Å². The molecule has 0 aromatic rings. The first-order valence-corrected chi connectivity index (χ1v) is 8.41. The van der Waals surface area contributed by atoms with Crippen LogP contribution in [-0.2, 0) is 14.2 Å². The Morgan fingerprint density at radius 1 is 0.875 bits per heavy atom. The minimum atomic E-state index is -1.56. The molecule has 11 heteroatoms. The van der Waals surface area contributed by atoms with E-state index in [1.807, 2.05) is 0 Å². The summed E-state index contributed by atoms with van der Waals surface area (Å²) >= 11 is 0.868. The summed E-state index contributed by atoms with van der Waals surface area (Å²) in [6, 6.07) is 0. The van der Waals surface area contributed by atoms with E-state index in [-0.39, 0.29) is 0 Å². The van der Waals surface area contributed by atoms with Crippen LogP contribution in [0.25, 0.3) is 0 Å². The molecule has 142 valence electrons. The molecular weight excluding hydrogens is 348 g/mol. The molecule has 24 heavy (non-hydrogen) atoms. The zero-order valence-corrected chi connectivity index (χ0v) is 13.8. The van der Waals surface area contributed by atoms with Crippen LogP contribution in [-0.4, -0.2) is 116 Å². The lowest BCUT2D eigenvalue weighted by molar-refractivity contribution is -0.307. The van der Waals surface area contributed by atoms with Gasteiger partial charge in [0.25, 0.3) is 0 Å². The van der Waals surface area contributed by atoms with E-state index in [9.17, 15) is 35.7 Å². The Bertz CT molecular complexity index is 383.